The van der Waals surface area contributed by atoms with E-state index < -0.39 is 0 Å². The molecule has 0 atom stereocenters. The van der Waals surface area contributed by atoms with Gasteiger partial charge in [-0.3, -0.25) is 4.79 Å². The average molecular weight is 247 g/mol. The quantitative estimate of drug-likeness (QED) is 0.736. The molecule has 0 unspecified atom stereocenters. The molecule has 0 aliphatic rings. The lowest BCUT2D eigenvalue weighted by atomic mass is 10.1. The molecule has 18 heavy (non-hydrogen) atoms. The number of ketones is 1. The van der Waals surface area contributed by atoms with Gasteiger partial charge in [-0.25, -0.2) is 0 Å². The summed E-state index contributed by atoms with van der Waals surface area (Å²) >= 11 is 0. The van der Waals surface area contributed by atoms with E-state index in [4.69, 9.17) is 4.42 Å². The maximum atomic E-state index is 11.7. The van der Waals surface area contributed by atoms with E-state index in [-0.39, 0.29) is 5.78 Å². The summed E-state index contributed by atoms with van der Waals surface area (Å²) in [6.07, 6.45) is 5.88. The van der Waals surface area contributed by atoms with Crippen LogP contribution in [0.1, 0.15) is 48.8 Å². The van der Waals surface area contributed by atoms with Crippen molar-refractivity contribution in [3.05, 3.63) is 35.8 Å². The van der Waals surface area contributed by atoms with E-state index in [1.165, 1.54) is 0 Å². The molecule has 0 saturated carbocycles. The van der Waals surface area contributed by atoms with Crippen LogP contribution in [0.15, 0.2) is 22.9 Å². The number of hydrogen-bond acceptors (Lipinski definition) is 4. The van der Waals surface area contributed by atoms with E-state index in [1.807, 2.05) is 36.9 Å². The second kappa shape index (κ2) is 5.62. The fraction of sp³-hybridized carbons (Fsp3) is 0.462. The Kier molecular flexibility index (Phi) is 3.92. The number of nitrogens with zero attached hydrogens (tertiary/aromatic N) is 3. The monoisotopic (exact) mass is 247 g/mol. The van der Waals surface area contributed by atoms with E-state index in [2.05, 4.69) is 10.2 Å². The molecule has 0 N–H and O–H groups in total. The molecule has 0 saturated heterocycles. The van der Waals surface area contributed by atoms with Gasteiger partial charge in [-0.1, -0.05) is 13.8 Å². The summed E-state index contributed by atoms with van der Waals surface area (Å²) in [6, 6.07) is 1.83. The summed E-state index contributed by atoms with van der Waals surface area (Å²) in [4.78, 5) is 11.7. The number of aromatic nitrogens is 3. The normalized spacial score (nSPS) is 10.8. The van der Waals surface area contributed by atoms with Crippen LogP contribution in [0.4, 0.5) is 0 Å². The van der Waals surface area contributed by atoms with Crippen molar-refractivity contribution in [2.45, 2.75) is 39.7 Å². The van der Waals surface area contributed by atoms with E-state index in [9.17, 15) is 4.79 Å². The molecule has 2 heterocycles. The first-order valence-electron chi connectivity index (χ1n) is 6.23. The number of aryl methyl sites for hydroxylation is 1. The summed E-state index contributed by atoms with van der Waals surface area (Å²) in [5.74, 6) is 1.38. The van der Waals surface area contributed by atoms with Crippen molar-refractivity contribution in [3.8, 4) is 0 Å². The molecule has 2 rings (SSSR count). The van der Waals surface area contributed by atoms with Gasteiger partial charge < -0.3 is 8.98 Å². The zero-order chi connectivity index (χ0) is 13.0. The van der Waals surface area contributed by atoms with Gasteiger partial charge in [0.15, 0.2) is 5.78 Å². The van der Waals surface area contributed by atoms with E-state index in [0.29, 0.717) is 24.7 Å². The van der Waals surface area contributed by atoms with Crippen molar-refractivity contribution in [2.24, 2.45) is 0 Å². The highest BCUT2D eigenvalue weighted by Crippen LogP contribution is 2.09. The van der Waals surface area contributed by atoms with E-state index in [0.717, 1.165) is 18.4 Å². The Bertz CT molecular complexity index is 528. The third kappa shape index (κ3) is 2.85. The Morgan fingerprint density at radius 3 is 2.78 bits per heavy atom. The van der Waals surface area contributed by atoms with Gasteiger partial charge in [0.2, 0.25) is 11.8 Å². The third-order valence-corrected chi connectivity index (χ3v) is 2.68. The lowest BCUT2D eigenvalue weighted by Crippen LogP contribution is -1.99. The largest absolute Gasteiger partial charge is 0.423 e. The zero-order valence-electron chi connectivity index (χ0n) is 10.7. The summed E-state index contributed by atoms with van der Waals surface area (Å²) in [5, 5.41) is 7.86. The van der Waals surface area contributed by atoms with Gasteiger partial charge in [0.05, 0.1) is 0 Å². The van der Waals surface area contributed by atoms with Crippen molar-refractivity contribution in [2.75, 3.05) is 0 Å². The van der Waals surface area contributed by atoms with Crippen molar-refractivity contribution >= 4 is 5.78 Å². The molecule has 0 aromatic carbocycles. The molecule has 96 valence electrons. The molecule has 0 radical (unpaired) electrons. The highest BCUT2D eigenvalue weighted by molar-refractivity contribution is 5.95. The van der Waals surface area contributed by atoms with Gasteiger partial charge in [0, 0.05) is 30.8 Å². The van der Waals surface area contributed by atoms with Crippen molar-refractivity contribution in [1.82, 2.24) is 14.8 Å². The summed E-state index contributed by atoms with van der Waals surface area (Å²) < 4.78 is 7.31. The lowest BCUT2D eigenvalue weighted by Gasteiger charge is -1.97. The Balaban J connectivity index is 2.04. The zero-order valence-corrected chi connectivity index (χ0v) is 10.7. The Hall–Kier alpha value is -1.91. The molecule has 5 heteroatoms. The molecule has 0 aliphatic carbocycles. The molecule has 5 nitrogen and oxygen atoms in total. The minimum atomic E-state index is 0.177. The van der Waals surface area contributed by atoms with Crippen LogP contribution >= 0.6 is 0 Å². The molecular weight excluding hydrogens is 230 g/mol. The molecule has 0 amide bonds. The van der Waals surface area contributed by atoms with Crippen LogP contribution in [-0.4, -0.2) is 20.5 Å². The molecule has 2 aromatic rings. The lowest BCUT2D eigenvalue weighted by molar-refractivity contribution is 0.0981. The van der Waals surface area contributed by atoms with Gasteiger partial charge >= 0.3 is 0 Å². The molecule has 0 fully saturated rings. The van der Waals surface area contributed by atoms with Crippen molar-refractivity contribution < 1.29 is 9.21 Å². The number of carbonyl (C=O) groups excluding carboxylic acids is 1. The van der Waals surface area contributed by atoms with Crippen LogP contribution in [0, 0.1) is 0 Å². The fourth-order valence-corrected chi connectivity index (χ4v) is 1.73. The summed E-state index contributed by atoms with van der Waals surface area (Å²) in [6.45, 7) is 4.47. The smallest absolute Gasteiger partial charge is 0.236 e. The number of Topliss-reactive ketones (excluding diaryl/α,β-unsaturated/α-hetero) is 1. The Morgan fingerprint density at radius 1 is 1.33 bits per heavy atom. The van der Waals surface area contributed by atoms with Crippen molar-refractivity contribution in [1.29, 1.82) is 0 Å². The van der Waals surface area contributed by atoms with Crippen LogP contribution in [0.2, 0.25) is 0 Å². The minimum Gasteiger partial charge on any atom is -0.423 e. The second-order valence-electron chi connectivity index (χ2n) is 4.19. The number of hydrogen-bond donors (Lipinski definition) is 0. The maximum absolute atomic E-state index is 11.7. The first kappa shape index (κ1) is 12.5. The van der Waals surface area contributed by atoms with Gasteiger partial charge in [-0.2, -0.15) is 0 Å². The van der Waals surface area contributed by atoms with Crippen LogP contribution in [0.3, 0.4) is 0 Å². The molecule has 0 aliphatic heterocycles. The standard InChI is InChI=1S/C13H17N3O2/c1-3-5-11(17)10-6-7-16(8-10)9-13-15-14-12(4-2)18-13/h6-8H,3-5,9H2,1-2H3. The van der Waals surface area contributed by atoms with Crippen LogP contribution < -0.4 is 0 Å². The predicted molar refractivity (Wildman–Crippen MR) is 66.4 cm³/mol. The second-order valence-corrected chi connectivity index (χ2v) is 4.19. The maximum Gasteiger partial charge on any atom is 0.236 e. The topological polar surface area (TPSA) is 60.9 Å². The van der Waals surface area contributed by atoms with E-state index >= 15 is 0 Å². The molecule has 0 spiro atoms. The average Bonchev–Trinajstić information content (AvgIpc) is 2.99. The number of carbonyl (C=O) groups is 1. The Morgan fingerprint density at radius 2 is 2.11 bits per heavy atom. The SMILES string of the molecule is CCCC(=O)c1ccn(Cc2nnc(CC)o2)c1. The summed E-state index contributed by atoms with van der Waals surface area (Å²) in [7, 11) is 0. The highest BCUT2D eigenvalue weighted by Gasteiger charge is 2.09. The van der Waals surface area contributed by atoms with Crippen molar-refractivity contribution in [3.63, 3.8) is 0 Å². The van der Waals surface area contributed by atoms with Gasteiger partial charge in [-0.15, -0.1) is 10.2 Å². The first-order chi connectivity index (χ1) is 8.72. The third-order valence-electron chi connectivity index (χ3n) is 2.68. The Labute approximate surface area is 106 Å². The molecule has 0 bridgehead atoms. The van der Waals surface area contributed by atoms with Gasteiger partial charge in [-0.05, 0) is 12.5 Å². The van der Waals surface area contributed by atoms with Crippen LogP contribution in [0.25, 0.3) is 0 Å². The van der Waals surface area contributed by atoms with E-state index in [1.54, 1.807) is 0 Å². The van der Waals surface area contributed by atoms with Gasteiger partial charge in [0.25, 0.3) is 0 Å². The molecular formula is C13H17N3O2. The van der Waals surface area contributed by atoms with Crippen LogP contribution in [0.5, 0.6) is 0 Å². The first-order valence-corrected chi connectivity index (χ1v) is 6.23. The predicted octanol–water partition coefficient (Wildman–Crippen LogP) is 2.46. The highest BCUT2D eigenvalue weighted by atomic mass is 16.4. The van der Waals surface area contributed by atoms with Crippen LogP contribution in [-0.2, 0) is 13.0 Å². The molecule has 2 aromatic heterocycles. The fourth-order valence-electron chi connectivity index (χ4n) is 1.73. The number of rotatable bonds is 6. The van der Waals surface area contributed by atoms with Gasteiger partial charge in [0.1, 0.15) is 6.54 Å². The summed E-state index contributed by atoms with van der Waals surface area (Å²) in [5.41, 5.74) is 0.743. The minimum absolute atomic E-state index is 0.177.